The van der Waals surface area contributed by atoms with Gasteiger partial charge in [-0.05, 0) is 34.1 Å². The zero-order valence-corrected chi connectivity index (χ0v) is 15.1. The first-order valence-corrected chi connectivity index (χ1v) is 8.56. The Morgan fingerprint density at radius 3 is 1.65 bits per heavy atom. The van der Waals surface area contributed by atoms with Gasteiger partial charge in [-0.15, -0.1) is 0 Å². The maximum atomic E-state index is 11.3. The maximum Gasteiger partial charge on any atom is 0.533 e. The van der Waals surface area contributed by atoms with E-state index in [4.69, 9.17) is 13.3 Å². The minimum Gasteiger partial charge on any atom is -0.478 e. The summed E-state index contributed by atoms with van der Waals surface area (Å²) in [6, 6.07) is 0. The highest BCUT2D eigenvalue weighted by Crippen LogP contribution is 2.27. The zero-order valence-electron chi connectivity index (χ0n) is 13.1. The smallest absolute Gasteiger partial charge is 0.478 e. The molecule has 7 heteroatoms. The van der Waals surface area contributed by atoms with Crippen LogP contribution in [0, 0.1) is 0 Å². The number of hydrogen-bond acceptors (Lipinski definition) is 4. The molecule has 5 nitrogen and oxygen atoms in total. The fraction of sp³-hybridized carbons (Fsp3) is 0.769. The van der Waals surface area contributed by atoms with Crippen molar-refractivity contribution in [2.45, 2.75) is 47.5 Å². The number of carboxylic acid groups (broad SMARTS) is 1. The van der Waals surface area contributed by atoms with Crippen LogP contribution in [0.3, 0.4) is 0 Å². The fourth-order valence-electron chi connectivity index (χ4n) is 1.91. The highest BCUT2D eigenvalue weighted by molar-refractivity contribution is 7.59. The third-order valence-corrected chi connectivity index (χ3v) is 6.02. The van der Waals surface area contributed by atoms with E-state index >= 15 is 0 Å². The summed E-state index contributed by atoms with van der Waals surface area (Å²) in [6.07, 6.45) is 1.44. The lowest BCUT2D eigenvalue weighted by Gasteiger charge is -2.31. The fourth-order valence-corrected chi connectivity index (χ4v) is 4.94. The molecule has 0 amide bonds. The second-order valence-corrected chi connectivity index (χ2v) is 6.60. The molecular formula is C13H28O5SSi. The number of carbonyl (C=O) groups is 1. The van der Waals surface area contributed by atoms with Crippen LogP contribution in [0.15, 0.2) is 10.8 Å². The third kappa shape index (κ3) is 5.97. The van der Waals surface area contributed by atoms with Gasteiger partial charge in [-0.2, -0.15) is 13.5 Å². The highest BCUT2D eigenvalue weighted by Gasteiger charge is 2.46. The molecule has 0 heterocycles. The van der Waals surface area contributed by atoms with Gasteiger partial charge in [0.1, 0.15) is 0 Å². The summed E-state index contributed by atoms with van der Waals surface area (Å²) in [4.78, 5) is 11.3. The summed E-state index contributed by atoms with van der Waals surface area (Å²) in [6.45, 7) is 10.5. The van der Waals surface area contributed by atoms with Gasteiger partial charge in [0.15, 0.2) is 0 Å². The predicted octanol–water partition coefficient (Wildman–Crippen LogP) is 2.89. The van der Waals surface area contributed by atoms with E-state index in [-0.39, 0.29) is 19.1 Å². The lowest BCUT2D eigenvalue weighted by atomic mass is 10.2. The van der Waals surface area contributed by atoms with Crippen molar-refractivity contribution in [3.05, 3.63) is 10.8 Å². The normalized spacial score (nSPS) is 12.7. The molecule has 0 spiro atoms. The number of aliphatic carboxylic acids is 1. The molecule has 0 aromatic heterocycles. The van der Waals surface area contributed by atoms with Crippen LogP contribution in [0.5, 0.6) is 0 Å². The topological polar surface area (TPSA) is 65.0 Å². The van der Waals surface area contributed by atoms with Crippen molar-refractivity contribution in [1.29, 1.82) is 0 Å². The van der Waals surface area contributed by atoms with E-state index in [1.165, 1.54) is 0 Å². The summed E-state index contributed by atoms with van der Waals surface area (Å²) >= 11 is 0. The van der Waals surface area contributed by atoms with Crippen molar-refractivity contribution in [1.82, 2.24) is 0 Å². The molecule has 0 radical (unpaired) electrons. The monoisotopic (exact) mass is 324 g/mol. The number of allylic oxidation sites excluding steroid dienone is 1. The molecule has 0 aromatic rings. The molecule has 0 aliphatic rings. The maximum absolute atomic E-state index is 11.3. The summed E-state index contributed by atoms with van der Waals surface area (Å²) in [7, 11) is -3.07. The molecule has 0 unspecified atom stereocenters. The quantitative estimate of drug-likeness (QED) is 0.494. The summed E-state index contributed by atoms with van der Waals surface area (Å²) in [5, 5.41) is 9.93. The Morgan fingerprint density at radius 2 is 1.40 bits per heavy atom. The van der Waals surface area contributed by atoms with Crippen LogP contribution in [-0.4, -0.2) is 39.7 Å². The minimum atomic E-state index is -3.07. The first-order valence-electron chi connectivity index (χ1n) is 6.84. The molecule has 0 saturated heterocycles. The lowest BCUT2D eigenvalue weighted by Crippen LogP contribution is -2.49. The van der Waals surface area contributed by atoms with Crippen LogP contribution in [0.25, 0.3) is 0 Å². The van der Waals surface area contributed by atoms with E-state index in [9.17, 15) is 9.90 Å². The minimum absolute atomic E-state index is 0. The van der Waals surface area contributed by atoms with Crippen molar-refractivity contribution in [2.75, 3.05) is 19.8 Å². The molecule has 1 N–H and O–H groups in total. The zero-order chi connectivity index (χ0) is 14.9. The van der Waals surface area contributed by atoms with Crippen molar-refractivity contribution in [3.8, 4) is 0 Å². The number of hydrogen-bond donors (Lipinski definition) is 1. The number of rotatable bonds is 10. The van der Waals surface area contributed by atoms with Gasteiger partial charge in [0, 0.05) is 30.6 Å². The van der Waals surface area contributed by atoms with E-state index < -0.39 is 14.8 Å². The second kappa shape index (κ2) is 11.3. The van der Waals surface area contributed by atoms with Gasteiger partial charge in [-0.25, -0.2) is 4.79 Å². The van der Waals surface area contributed by atoms with E-state index in [0.29, 0.717) is 31.4 Å². The molecule has 20 heavy (non-hydrogen) atoms. The third-order valence-electron chi connectivity index (χ3n) is 2.65. The molecule has 0 atom stereocenters. The first kappa shape index (κ1) is 21.9. The van der Waals surface area contributed by atoms with E-state index in [1.807, 2.05) is 27.7 Å². The van der Waals surface area contributed by atoms with Gasteiger partial charge in [0.05, 0.1) is 0 Å². The Labute approximate surface area is 130 Å². The van der Waals surface area contributed by atoms with Crippen molar-refractivity contribution < 1.29 is 23.2 Å². The van der Waals surface area contributed by atoms with Crippen molar-refractivity contribution in [2.24, 2.45) is 0 Å². The average Bonchev–Trinajstić information content (AvgIpc) is 2.35. The van der Waals surface area contributed by atoms with Crippen LogP contribution >= 0.6 is 13.5 Å². The summed E-state index contributed by atoms with van der Waals surface area (Å²) in [5.41, 5.74) is 0.281. The van der Waals surface area contributed by atoms with E-state index in [2.05, 4.69) is 0 Å². The average molecular weight is 325 g/mol. The standard InChI is InChI=1S/C13H26O5Si.H2S/c1-6-10-12(11(5)13(14)15)19(16-7-2,17-8-3)18-9-4;/h6-10H2,1-5H3,(H,14,15);1H2. The van der Waals surface area contributed by atoms with Crippen LogP contribution in [0.4, 0.5) is 0 Å². The summed E-state index contributed by atoms with van der Waals surface area (Å²) < 4.78 is 17.3. The SMILES string of the molecule is CCCC(=C(C)C(=O)O)[Si](OCC)(OCC)OCC.S. The van der Waals surface area contributed by atoms with Gasteiger partial charge < -0.3 is 18.4 Å². The summed E-state index contributed by atoms with van der Waals surface area (Å²) in [5.74, 6) is -0.945. The Balaban J connectivity index is 0. The molecule has 0 aromatic carbocycles. The van der Waals surface area contributed by atoms with Gasteiger partial charge in [0.25, 0.3) is 0 Å². The van der Waals surface area contributed by atoms with Gasteiger partial charge >= 0.3 is 14.8 Å². The molecule has 120 valence electrons. The van der Waals surface area contributed by atoms with Crippen LogP contribution < -0.4 is 0 Å². The Bertz CT molecular complexity index is 303. The van der Waals surface area contributed by atoms with E-state index in [0.717, 1.165) is 6.42 Å². The highest BCUT2D eigenvalue weighted by atomic mass is 32.1. The van der Waals surface area contributed by atoms with E-state index in [1.54, 1.807) is 6.92 Å². The molecular weight excluding hydrogens is 296 g/mol. The predicted molar refractivity (Wildman–Crippen MR) is 86.3 cm³/mol. The van der Waals surface area contributed by atoms with Crippen molar-refractivity contribution in [3.63, 3.8) is 0 Å². The van der Waals surface area contributed by atoms with Crippen LogP contribution in [0.2, 0.25) is 0 Å². The second-order valence-electron chi connectivity index (χ2n) is 4.01. The molecule has 0 aliphatic heterocycles. The first-order chi connectivity index (χ1) is 8.98. The lowest BCUT2D eigenvalue weighted by molar-refractivity contribution is -0.132. The Hall–Kier alpha value is -0.343. The van der Waals surface area contributed by atoms with Gasteiger partial charge in [0.2, 0.25) is 0 Å². The Kier molecular flexibility index (Phi) is 12.4. The van der Waals surface area contributed by atoms with Crippen LogP contribution in [-0.2, 0) is 18.1 Å². The van der Waals surface area contributed by atoms with Gasteiger partial charge in [-0.3, -0.25) is 0 Å². The Morgan fingerprint density at radius 1 is 1.00 bits per heavy atom. The molecule has 0 bridgehead atoms. The number of carboxylic acids is 1. The molecule has 0 fully saturated rings. The van der Waals surface area contributed by atoms with Gasteiger partial charge in [-0.1, -0.05) is 13.3 Å². The molecule has 0 rings (SSSR count). The van der Waals surface area contributed by atoms with Crippen LogP contribution in [0.1, 0.15) is 47.5 Å². The molecule has 0 aliphatic carbocycles. The van der Waals surface area contributed by atoms with Crippen molar-refractivity contribution >= 4 is 28.3 Å². The largest absolute Gasteiger partial charge is 0.533 e. The molecule has 0 saturated carbocycles.